The fraction of sp³-hybridized carbons (Fsp3) is 0.615. The van der Waals surface area contributed by atoms with Gasteiger partial charge in [0, 0.05) is 35.3 Å². The normalized spacial score (nSPS) is 20.6. The number of carboxylic acids is 1. The maximum absolute atomic E-state index is 12.8. The van der Waals surface area contributed by atoms with Gasteiger partial charge in [-0.25, -0.2) is 13.2 Å². The van der Waals surface area contributed by atoms with Crippen molar-refractivity contribution in [2.45, 2.75) is 37.3 Å². The zero-order valence-corrected chi connectivity index (χ0v) is 14.0. The Balaban J connectivity index is 2.42. The first-order valence-electron chi connectivity index (χ1n) is 6.83. The van der Waals surface area contributed by atoms with E-state index in [0.29, 0.717) is 24.0 Å². The largest absolute Gasteiger partial charge is 0.477 e. The summed E-state index contributed by atoms with van der Waals surface area (Å²) < 4.78 is 27.1. The Bertz CT molecular complexity index is 651. The van der Waals surface area contributed by atoms with Crippen LogP contribution in [0.3, 0.4) is 0 Å². The van der Waals surface area contributed by atoms with Crippen LogP contribution in [0.2, 0.25) is 0 Å². The third kappa shape index (κ3) is 2.97. The molecule has 0 radical (unpaired) electrons. The minimum Gasteiger partial charge on any atom is -0.477 e. The summed E-state index contributed by atoms with van der Waals surface area (Å²) in [5.41, 5.74) is 0.618. The van der Waals surface area contributed by atoms with E-state index in [0.717, 1.165) is 12.2 Å². The first-order valence-corrected chi connectivity index (χ1v) is 9.32. The molecule has 1 aromatic heterocycles. The molecule has 118 valence electrons. The average molecular weight is 332 g/mol. The Morgan fingerprint density at radius 2 is 2.14 bits per heavy atom. The van der Waals surface area contributed by atoms with Crippen LogP contribution in [0, 0.1) is 13.8 Å². The number of aromatic carboxylic acids is 1. The lowest BCUT2D eigenvalue weighted by Gasteiger charge is -2.31. The highest BCUT2D eigenvalue weighted by molar-refractivity contribution is 8.00. The molecule has 1 saturated heterocycles. The number of aromatic amines is 1. The number of thioether (sulfide) groups is 1. The van der Waals surface area contributed by atoms with Crippen LogP contribution < -0.4 is 0 Å². The third-order valence-electron chi connectivity index (χ3n) is 3.74. The molecule has 8 heteroatoms. The van der Waals surface area contributed by atoms with Crippen LogP contribution in [0.25, 0.3) is 0 Å². The quantitative estimate of drug-likeness (QED) is 0.878. The van der Waals surface area contributed by atoms with Crippen molar-refractivity contribution in [2.75, 3.05) is 18.8 Å². The number of carboxylic acid groups (broad SMARTS) is 1. The molecule has 0 saturated carbocycles. The fourth-order valence-electron chi connectivity index (χ4n) is 2.62. The number of rotatable bonds is 4. The predicted octanol–water partition coefficient (Wildman–Crippen LogP) is 1.85. The summed E-state index contributed by atoms with van der Waals surface area (Å²) in [5.74, 6) is -0.371. The third-order valence-corrected chi connectivity index (χ3v) is 7.25. The second-order valence-corrected chi connectivity index (χ2v) is 8.43. The second-order valence-electron chi connectivity index (χ2n) is 5.15. The van der Waals surface area contributed by atoms with Crippen molar-refractivity contribution in [3.63, 3.8) is 0 Å². The molecule has 2 rings (SSSR count). The van der Waals surface area contributed by atoms with Gasteiger partial charge in [0.15, 0.2) is 0 Å². The van der Waals surface area contributed by atoms with Crippen LogP contribution in [0.15, 0.2) is 4.90 Å². The minimum atomic E-state index is -3.65. The van der Waals surface area contributed by atoms with Gasteiger partial charge in [0.05, 0.1) is 0 Å². The number of aromatic nitrogens is 1. The second kappa shape index (κ2) is 6.02. The number of aryl methyl sites for hydroxylation is 1. The lowest BCUT2D eigenvalue weighted by Crippen LogP contribution is -2.42. The van der Waals surface area contributed by atoms with E-state index in [4.69, 9.17) is 5.11 Å². The molecule has 1 unspecified atom stereocenters. The molecule has 1 aliphatic heterocycles. The smallest absolute Gasteiger partial charge is 0.352 e. The monoisotopic (exact) mass is 332 g/mol. The summed E-state index contributed by atoms with van der Waals surface area (Å²) in [5, 5.41) is 9.41. The van der Waals surface area contributed by atoms with Crippen LogP contribution in [0.4, 0.5) is 0 Å². The Morgan fingerprint density at radius 3 is 2.67 bits per heavy atom. The van der Waals surface area contributed by atoms with Gasteiger partial charge in [-0.1, -0.05) is 6.92 Å². The molecule has 21 heavy (non-hydrogen) atoms. The summed E-state index contributed by atoms with van der Waals surface area (Å²) in [4.78, 5) is 13.9. The Morgan fingerprint density at radius 1 is 1.48 bits per heavy atom. The fourth-order valence-corrected chi connectivity index (χ4v) is 5.90. The zero-order chi connectivity index (χ0) is 15.8. The van der Waals surface area contributed by atoms with Gasteiger partial charge >= 0.3 is 5.97 Å². The van der Waals surface area contributed by atoms with Crippen molar-refractivity contribution in [3.05, 3.63) is 17.0 Å². The van der Waals surface area contributed by atoms with Gasteiger partial charge in [-0.3, -0.25) is 0 Å². The molecule has 0 spiro atoms. The molecule has 0 aromatic carbocycles. The van der Waals surface area contributed by atoms with Gasteiger partial charge in [-0.15, -0.1) is 0 Å². The zero-order valence-electron chi connectivity index (χ0n) is 12.3. The van der Waals surface area contributed by atoms with Crippen molar-refractivity contribution in [3.8, 4) is 0 Å². The van der Waals surface area contributed by atoms with E-state index < -0.39 is 16.0 Å². The van der Waals surface area contributed by atoms with Gasteiger partial charge in [0.1, 0.15) is 10.6 Å². The van der Waals surface area contributed by atoms with E-state index in [1.165, 1.54) is 11.2 Å². The van der Waals surface area contributed by atoms with Crippen molar-refractivity contribution >= 4 is 27.8 Å². The first kappa shape index (κ1) is 16.4. The van der Waals surface area contributed by atoms with Crippen molar-refractivity contribution in [2.24, 2.45) is 0 Å². The number of H-pyrrole nitrogens is 1. The topological polar surface area (TPSA) is 90.5 Å². The minimum absolute atomic E-state index is 0.0514. The summed E-state index contributed by atoms with van der Waals surface area (Å²) in [6, 6.07) is 0. The highest BCUT2D eigenvalue weighted by atomic mass is 32.2. The van der Waals surface area contributed by atoms with E-state index in [1.807, 2.05) is 6.92 Å². The molecule has 2 N–H and O–H groups in total. The van der Waals surface area contributed by atoms with Gasteiger partial charge < -0.3 is 10.1 Å². The van der Waals surface area contributed by atoms with Crippen molar-refractivity contribution in [1.82, 2.24) is 9.29 Å². The Hall–Kier alpha value is -0.990. The van der Waals surface area contributed by atoms with Gasteiger partial charge in [0.25, 0.3) is 0 Å². The van der Waals surface area contributed by atoms with Crippen LogP contribution in [-0.2, 0) is 10.0 Å². The number of nitrogens with zero attached hydrogens (tertiary/aromatic N) is 1. The molecular weight excluding hydrogens is 312 g/mol. The number of nitrogens with one attached hydrogen (secondary N) is 1. The maximum Gasteiger partial charge on any atom is 0.352 e. The molecule has 0 aliphatic carbocycles. The van der Waals surface area contributed by atoms with Crippen LogP contribution >= 0.6 is 11.8 Å². The first-order chi connectivity index (χ1) is 9.78. The van der Waals surface area contributed by atoms with E-state index in [9.17, 15) is 13.2 Å². The van der Waals surface area contributed by atoms with Crippen molar-refractivity contribution < 1.29 is 18.3 Å². The molecule has 2 heterocycles. The van der Waals surface area contributed by atoms with E-state index in [-0.39, 0.29) is 16.2 Å². The average Bonchev–Trinajstić information content (AvgIpc) is 2.74. The molecule has 1 aromatic rings. The SMILES string of the molecule is CCC1CN(S(=O)(=O)c2c(C)[nH]c(C(=O)O)c2C)CCS1. The van der Waals surface area contributed by atoms with Crippen LogP contribution in [-0.4, -0.2) is 52.9 Å². The van der Waals surface area contributed by atoms with Crippen LogP contribution in [0.1, 0.15) is 35.1 Å². The molecule has 1 atom stereocenters. The number of hydrogen-bond donors (Lipinski definition) is 2. The molecule has 1 fully saturated rings. The highest BCUT2D eigenvalue weighted by Crippen LogP contribution is 2.30. The summed E-state index contributed by atoms with van der Waals surface area (Å²) >= 11 is 1.79. The molecule has 1 aliphatic rings. The predicted molar refractivity (Wildman–Crippen MR) is 82.5 cm³/mol. The van der Waals surface area contributed by atoms with Gasteiger partial charge in [-0.2, -0.15) is 16.1 Å². The number of carbonyl (C=O) groups is 1. The van der Waals surface area contributed by atoms with Gasteiger partial charge in [-0.05, 0) is 20.3 Å². The Labute approximate surface area is 129 Å². The van der Waals surface area contributed by atoms with E-state index in [2.05, 4.69) is 4.98 Å². The van der Waals surface area contributed by atoms with Gasteiger partial charge in [0.2, 0.25) is 10.0 Å². The highest BCUT2D eigenvalue weighted by Gasteiger charge is 2.34. The molecular formula is C13H20N2O4S2. The van der Waals surface area contributed by atoms with Crippen LogP contribution in [0.5, 0.6) is 0 Å². The molecule has 6 nitrogen and oxygen atoms in total. The lowest BCUT2D eigenvalue weighted by molar-refractivity contribution is 0.0690. The van der Waals surface area contributed by atoms with Crippen molar-refractivity contribution in [1.29, 1.82) is 0 Å². The summed E-state index contributed by atoms with van der Waals surface area (Å²) in [6.45, 7) is 6.13. The van der Waals surface area contributed by atoms with E-state index in [1.54, 1.807) is 18.7 Å². The summed E-state index contributed by atoms with van der Waals surface area (Å²) in [6.07, 6.45) is 0.919. The molecule has 0 bridgehead atoms. The lowest BCUT2D eigenvalue weighted by atomic mass is 10.2. The maximum atomic E-state index is 12.8. The summed E-state index contributed by atoms with van der Waals surface area (Å²) in [7, 11) is -3.65. The Kier molecular flexibility index (Phi) is 4.69. The number of sulfonamides is 1. The number of hydrogen-bond acceptors (Lipinski definition) is 4. The molecule has 0 amide bonds. The standard InChI is InChI=1S/C13H20N2O4S2/c1-4-10-7-15(5-6-20-10)21(18,19)12-8(2)11(13(16)17)14-9(12)3/h10,14H,4-7H2,1-3H3,(H,16,17). The van der Waals surface area contributed by atoms with E-state index >= 15 is 0 Å².